The molecule has 4 rings (SSSR count). The van der Waals surface area contributed by atoms with E-state index in [-0.39, 0.29) is 23.3 Å². The van der Waals surface area contributed by atoms with Crippen LogP contribution in [0.1, 0.15) is 37.3 Å². The third-order valence-corrected chi connectivity index (χ3v) is 9.68. The van der Waals surface area contributed by atoms with E-state index in [1.807, 2.05) is 13.0 Å². The number of hydrogen-bond acceptors (Lipinski definition) is 4. The highest BCUT2D eigenvalue weighted by Crippen LogP contribution is 2.37. The van der Waals surface area contributed by atoms with Crippen molar-refractivity contribution in [2.45, 2.75) is 44.4 Å². The first-order valence-electron chi connectivity index (χ1n) is 11.3. The number of hydrogen-bond donors (Lipinski definition) is 1. The van der Waals surface area contributed by atoms with Crippen molar-refractivity contribution in [1.82, 2.24) is 4.31 Å². The van der Waals surface area contributed by atoms with Crippen LogP contribution >= 0.6 is 27.5 Å². The van der Waals surface area contributed by atoms with Crippen LogP contribution in [-0.2, 0) is 26.0 Å². The highest BCUT2D eigenvalue weighted by atomic mass is 79.9. The van der Waals surface area contributed by atoms with Crippen LogP contribution < -0.4 is 10.2 Å². The summed E-state index contributed by atoms with van der Waals surface area (Å²) >= 11 is 9.59. The molecule has 0 bridgehead atoms. The maximum atomic E-state index is 13.6. The molecule has 182 valence electrons. The summed E-state index contributed by atoms with van der Waals surface area (Å²) in [7, 11) is -3.87. The van der Waals surface area contributed by atoms with Gasteiger partial charge in [-0.1, -0.05) is 24.6 Å². The lowest BCUT2D eigenvalue weighted by Crippen LogP contribution is -2.43. The molecule has 10 heteroatoms. The molecule has 1 saturated heterocycles. The molecule has 0 aromatic heterocycles. The molecule has 2 heterocycles. The van der Waals surface area contributed by atoms with Crippen LogP contribution in [0.15, 0.2) is 39.7 Å². The number of benzene rings is 2. The molecule has 2 aromatic rings. The summed E-state index contributed by atoms with van der Waals surface area (Å²) in [6, 6.07) is 8.68. The molecule has 2 amide bonds. The second-order valence-corrected chi connectivity index (χ2v) is 11.9. The van der Waals surface area contributed by atoms with Gasteiger partial charge in [0.15, 0.2) is 0 Å². The molecule has 7 nitrogen and oxygen atoms in total. The second-order valence-electron chi connectivity index (χ2n) is 8.72. The number of sulfonamides is 1. The van der Waals surface area contributed by atoms with E-state index in [0.717, 1.165) is 11.1 Å². The third-order valence-electron chi connectivity index (χ3n) is 6.44. The third kappa shape index (κ3) is 4.89. The van der Waals surface area contributed by atoms with Crippen molar-refractivity contribution in [3.8, 4) is 0 Å². The van der Waals surface area contributed by atoms with Crippen LogP contribution in [0, 0.1) is 12.8 Å². The highest BCUT2D eigenvalue weighted by molar-refractivity contribution is 9.10. The Balaban J connectivity index is 1.55. The number of rotatable bonds is 5. The van der Waals surface area contributed by atoms with E-state index in [4.69, 9.17) is 11.6 Å². The first-order chi connectivity index (χ1) is 16.1. The molecule has 34 heavy (non-hydrogen) atoms. The molecule has 0 radical (unpaired) electrons. The quantitative estimate of drug-likeness (QED) is 0.564. The van der Waals surface area contributed by atoms with E-state index in [9.17, 15) is 18.0 Å². The summed E-state index contributed by atoms with van der Waals surface area (Å²) in [6.45, 7) is 4.65. The summed E-state index contributed by atoms with van der Waals surface area (Å²) in [5.41, 5.74) is 3.09. The number of nitrogens with one attached hydrogen (secondary N) is 1. The standard InChI is InChI=1S/C24H27BrClN3O4S/c1-3-23(30)29-10-8-16-11-19(25)22(13-21(16)29)34(32,33)28-9-4-5-17(14-28)24(31)27-18-7-6-15(2)20(26)12-18/h6-7,11-13,17H,3-5,8-10,14H2,1-2H3,(H,27,31)/t17-/m1/s1. The Hall–Kier alpha value is -1.94. The molecule has 0 unspecified atom stereocenters. The minimum atomic E-state index is -3.87. The average Bonchev–Trinajstić information content (AvgIpc) is 3.23. The number of aryl methyl sites for hydroxylation is 1. The van der Waals surface area contributed by atoms with Gasteiger partial charge in [0.1, 0.15) is 0 Å². The van der Waals surface area contributed by atoms with Crippen LogP contribution in [-0.4, -0.2) is 44.2 Å². The predicted molar refractivity (Wildman–Crippen MR) is 137 cm³/mol. The van der Waals surface area contributed by atoms with E-state index in [2.05, 4.69) is 21.2 Å². The molecule has 2 aromatic carbocycles. The molecule has 1 N–H and O–H groups in total. The maximum absolute atomic E-state index is 13.6. The lowest BCUT2D eigenvalue weighted by molar-refractivity contribution is -0.121. The molecule has 0 aliphatic carbocycles. The Morgan fingerprint density at radius 3 is 2.68 bits per heavy atom. The zero-order valence-corrected chi connectivity index (χ0v) is 22.3. The fourth-order valence-electron chi connectivity index (χ4n) is 4.46. The topological polar surface area (TPSA) is 86.8 Å². The summed E-state index contributed by atoms with van der Waals surface area (Å²) < 4.78 is 29.1. The van der Waals surface area contributed by atoms with Gasteiger partial charge in [0.05, 0.1) is 10.8 Å². The van der Waals surface area contributed by atoms with Gasteiger partial charge in [-0.15, -0.1) is 0 Å². The van der Waals surface area contributed by atoms with Crippen molar-refractivity contribution < 1.29 is 18.0 Å². The smallest absolute Gasteiger partial charge is 0.244 e. The monoisotopic (exact) mass is 567 g/mol. The summed E-state index contributed by atoms with van der Waals surface area (Å²) in [5, 5.41) is 3.42. The second kappa shape index (κ2) is 9.97. The molecule has 2 aliphatic heterocycles. The van der Waals surface area contributed by atoms with E-state index < -0.39 is 15.9 Å². The molecule has 0 saturated carbocycles. The van der Waals surface area contributed by atoms with Gasteiger partial charge in [0.2, 0.25) is 21.8 Å². The lowest BCUT2D eigenvalue weighted by Gasteiger charge is -2.31. The number of amides is 2. The Bertz CT molecular complexity index is 1250. The first-order valence-corrected chi connectivity index (χ1v) is 13.9. The number of nitrogens with zero attached hydrogens (tertiary/aromatic N) is 2. The fraction of sp³-hybridized carbons (Fsp3) is 0.417. The van der Waals surface area contributed by atoms with Gasteiger partial charge in [-0.2, -0.15) is 4.31 Å². The van der Waals surface area contributed by atoms with E-state index in [1.54, 1.807) is 36.1 Å². The predicted octanol–water partition coefficient (Wildman–Crippen LogP) is 4.75. The average molecular weight is 569 g/mol. The van der Waals surface area contributed by atoms with Crippen LogP contribution in [0.2, 0.25) is 5.02 Å². The normalized spacial score (nSPS) is 18.6. The number of halogens is 2. The number of carbonyl (C=O) groups is 2. The Labute approximate surface area is 213 Å². The van der Waals surface area contributed by atoms with E-state index in [1.165, 1.54) is 4.31 Å². The highest BCUT2D eigenvalue weighted by Gasteiger charge is 2.36. The summed E-state index contributed by atoms with van der Waals surface area (Å²) in [4.78, 5) is 27.0. The first kappa shape index (κ1) is 25.2. The number of anilines is 2. The maximum Gasteiger partial charge on any atom is 0.244 e. The van der Waals surface area contributed by atoms with Crippen molar-refractivity contribution in [1.29, 1.82) is 0 Å². The SMILES string of the molecule is CCC(=O)N1CCc2cc(Br)c(S(=O)(=O)N3CCC[C@@H](C(=O)Nc4ccc(C)c(Cl)c4)C3)cc21. The molecular formula is C24H27BrClN3O4S. The Morgan fingerprint density at radius 2 is 1.97 bits per heavy atom. The van der Waals surface area contributed by atoms with E-state index >= 15 is 0 Å². The molecule has 1 atom stereocenters. The van der Waals surface area contributed by atoms with Crippen molar-refractivity contribution in [3.63, 3.8) is 0 Å². The van der Waals surface area contributed by atoms with Crippen LogP contribution in [0.4, 0.5) is 11.4 Å². The van der Waals surface area contributed by atoms with Gasteiger partial charge in [-0.05, 0) is 77.5 Å². The van der Waals surface area contributed by atoms with Gasteiger partial charge in [0.25, 0.3) is 0 Å². The fourth-order valence-corrected chi connectivity index (χ4v) is 7.24. The minimum absolute atomic E-state index is 0.0321. The zero-order valence-electron chi connectivity index (χ0n) is 19.1. The van der Waals surface area contributed by atoms with Crippen LogP contribution in [0.5, 0.6) is 0 Å². The number of piperidine rings is 1. The van der Waals surface area contributed by atoms with Crippen LogP contribution in [0.25, 0.3) is 0 Å². The molecule has 1 fully saturated rings. The van der Waals surface area contributed by atoms with Crippen molar-refractivity contribution in [2.24, 2.45) is 5.92 Å². The van der Waals surface area contributed by atoms with Crippen LogP contribution in [0.3, 0.4) is 0 Å². The van der Waals surface area contributed by atoms with Gasteiger partial charge in [0, 0.05) is 46.9 Å². The molecule has 0 spiro atoms. The van der Waals surface area contributed by atoms with Crippen molar-refractivity contribution >= 4 is 60.7 Å². The Kier molecular flexibility index (Phi) is 7.38. The zero-order chi connectivity index (χ0) is 24.6. The Morgan fingerprint density at radius 1 is 1.21 bits per heavy atom. The number of carbonyl (C=O) groups excluding carboxylic acids is 2. The minimum Gasteiger partial charge on any atom is -0.326 e. The summed E-state index contributed by atoms with van der Waals surface area (Å²) in [5.74, 6) is -0.738. The van der Waals surface area contributed by atoms with Gasteiger partial charge in [-0.25, -0.2) is 8.42 Å². The van der Waals surface area contributed by atoms with Gasteiger partial charge >= 0.3 is 0 Å². The van der Waals surface area contributed by atoms with Gasteiger partial charge < -0.3 is 10.2 Å². The molecule has 2 aliphatic rings. The van der Waals surface area contributed by atoms with Gasteiger partial charge in [-0.3, -0.25) is 9.59 Å². The number of fused-ring (bicyclic) bond motifs is 1. The van der Waals surface area contributed by atoms with Crippen molar-refractivity contribution in [2.75, 3.05) is 29.9 Å². The van der Waals surface area contributed by atoms with E-state index in [0.29, 0.717) is 59.6 Å². The van der Waals surface area contributed by atoms with Crippen molar-refractivity contribution in [3.05, 3.63) is 51.0 Å². The largest absolute Gasteiger partial charge is 0.326 e. The summed E-state index contributed by atoms with van der Waals surface area (Å²) in [6.07, 6.45) is 2.22. The molecular weight excluding hydrogens is 542 g/mol. The lowest BCUT2D eigenvalue weighted by atomic mass is 9.98.